The van der Waals surface area contributed by atoms with Gasteiger partial charge in [-0.05, 0) is 39.8 Å². The molecule has 1 fully saturated rings. The van der Waals surface area contributed by atoms with Crippen molar-refractivity contribution in [3.8, 4) is 0 Å². The summed E-state index contributed by atoms with van der Waals surface area (Å²) in [4.78, 5) is 33.7. The molecule has 130 valence electrons. The first-order valence-corrected chi connectivity index (χ1v) is 7.86. The third-order valence-electron chi connectivity index (χ3n) is 4.44. The lowest BCUT2D eigenvalue weighted by Gasteiger charge is -2.32. The molecule has 2 aromatic heterocycles. The van der Waals surface area contributed by atoms with Gasteiger partial charge in [0.2, 0.25) is 0 Å². The van der Waals surface area contributed by atoms with Crippen LogP contribution in [-0.4, -0.2) is 39.2 Å². The quantitative estimate of drug-likeness (QED) is 0.796. The predicted molar refractivity (Wildman–Crippen MR) is 92.8 cm³/mol. The molecule has 3 heterocycles. The number of hydrogen-bond donors (Lipinski definition) is 2. The van der Waals surface area contributed by atoms with Crippen LogP contribution in [0.1, 0.15) is 38.2 Å². The highest BCUT2D eigenvalue weighted by atomic mass is 16.7. The number of amides is 1. The summed E-state index contributed by atoms with van der Waals surface area (Å²) >= 11 is 0. The van der Waals surface area contributed by atoms with Gasteiger partial charge in [0.1, 0.15) is 5.69 Å². The maximum absolute atomic E-state index is 12.2. The van der Waals surface area contributed by atoms with Crippen molar-refractivity contribution >= 4 is 24.3 Å². The summed E-state index contributed by atoms with van der Waals surface area (Å²) in [5.74, 6) is -0.442. The smallest absolute Gasteiger partial charge is 0.398 e. The fourth-order valence-electron chi connectivity index (χ4n) is 2.28. The summed E-state index contributed by atoms with van der Waals surface area (Å²) in [6, 6.07) is 3.34. The first-order valence-electron chi connectivity index (χ1n) is 7.86. The summed E-state index contributed by atoms with van der Waals surface area (Å²) < 4.78 is 11.9. The van der Waals surface area contributed by atoms with Gasteiger partial charge in [-0.25, -0.2) is 4.98 Å². The summed E-state index contributed by atoms with van der Waals surface area (Å²) in [5, 5.41) is 2.71. The van der Waals surface area contributed by atoms with Crippen LogP contribution in [0.2, 0.25) is 0 Å². The van der Waals surface area contributed by atoms with Crippen LogP contribution in [0.25, 0.3) is 0 Å². The van der Waals surface area contributed by atoms with Crippen molar-refractivity contribution in [1.82, 2.24) is 15.0 Å². The van der Waals surface area contributed by atoms with Crippen molar-refractivity contribution in [2.45, 2.75) is 38.9 Å². The summed E-state index contributed by atoms with van der Waals surface area (Å²) in [6.45, 7) is 7.84. The van der Waals surface area contributed by atoms with Crippen LogP contribution in [0.5, 0.6) is 0 Å². The molecule has 0 bridgehead atoms. The minimum Gasteiger partial charge on any atom is -0.398 e. The van der Waals surface area contributed by atoms with Crippen molar-refractivity contribution in [3.05, 3.63) is 46.8 Å². The van der Waals surface area contributed by atoms with Crippen LogP contribution in [0.4, 0.5) is 5.69 Å². The lowest BCUT2D eigenvalue weighted by molar-refractivity contribution is 0.00578. The highest BCUT2D eigenvalue weighted by Gasteiger charge is 2.52. The van der Waals surface area contributed by atoms with E-state index in [2.05, 4.69) is 20.3 Å². The van der Waals surface area contributed by atoms with E-state index in [9.17, 15) is 9.59 Å². The maximum atomic E-state index is 12.2. The van der Waals surface area contributed by atoms with E-state index >= 15 is 0 Å². The largest absolute Gasteiger partial charge is 0.514 e. The van der Waals surface area contributed by atoms with Gasteiger partial charge in [-0.15, -0.1) is 0 Å². The number of H-pyrrole nitrogens is 1. The Morgan fingerprint density at radius 2 is 1.88 bits per heavy atom. The average Bonchev–Trinajstić information content (AvgIpc) is 2.76. The molecular formula is C16H19BN4O4. The number of carbonyl (C=O) groups is 1. The van der Waals surface area contributed by atoms with Gasteiger partial charge >= 0.3 is 7.12 Å². The molecule has 0 saturated carbocycles. The van der Waals surface area contributed by atoms with Crippen LogP contribution in [0.3, 0.4) is 0 Å². The average molecular weight is 342 g/mol. The Kier molecular flexibility index (Phi) is 4.22. The van der Waals surface area contributed by atoms with Gasteiger partial charge in [0, 0.05) is 18.1 Å². The number of carbonyl (C=O) groups excluding carboxylic acids is 1. The van der Waals surface area contributed by atoms with E-state index in [1.54, 1.807) is 18.3 Å². The van der Waals surface area contributed by atoms with Crippen LogP contribution in [0.15, 0.2) is 35.5 Å². The van der Waals surface area contributed by atoms with E-state index in [4.69, 9.17) is 9.31 Å². The van der Waals surface area contributed by atoms with Crippen LogP contribution in [-0.2, 0) is 9.31 Å². The zero-order chi connectivity index (χ0) is 18.2. The van der Waals surface area contributed by atoms with E-state index < -0.39 is 24.2 Å². The van der Waals surface area contributed by atoms with Crippen LogP contribution >= 0.6 is 0 Å². The molecule has 0 aromatic carbocycles. The highest BCUT2D eigenvalue weighted by Crippen LogP contribution is 2.36. The Hall–Kier alpha value is -2.52. The first-order chi connectivity index (χ1) is 11.7. The molecule has 0 spiro atoms. The predicted octanol–water partition coefficient (Wildman–Crippen LogP) is 0.716. The lowest BCUT2D eigenvalue weighted by Crippen LogP contribution is -2.41. The van der Waals surface area contributed by atoms with E-state index in [1.165, 1.54) is 6.20 Å². The van der Waals surface area contributed by atoms with Gasteiger partial charge in [0.25, 0.3) is 11.5 Å². The topological polar surface area (TPSA) is 106 Å². The van der Waals surface area contributed by atoms with Gasteiger partial charge in [0.05, 0.1) is 23.0 Å². The van der Waals surface area contributed by atoms with Crippen molar-refractivity contribution in [1.29, 1.82) is 0 Å². The van der Waals surface area contributed by atoms with Gasteiger partial charge in [-0.2, -0.15) is 0 Å². The molecule has 1 saturated heterocycles. The summed E-state index contributed by atoms with van der Waals surface area (Å²) in [7, 11) is -0.618. The molecule has 0 unspecified atom stereocenters. The van der Waals surface area contributed by atoms with E-state index in [-0.39, 0.29) is 11.3 Å². The van der Waals surface area contributed by atoms with Crippen LogP contribution in [0, 0.1) is 0 Å². The molecular weight excluding hydrogens is 323 g/mol. The Bertz CT molecular complexity index is 829. The molecule has 2 N–H and O–H groups in total. The zero-order valence-electron chi connectivity index (χ0n) is 14.5. The second kappa shape index (κ2) is 6.09. The third kappa shape index (κ3) is 3.47. The van der Waals surface area contributed by atoms with Gasteiger partial charge in [-0.3, -0.25) is 14.6 Å². The zero-order valence-corrected chi connectivity index (χ0v) is 14.5. The normalized spacial score (nSPS) is 18.2. The fraction of sp³-hybridized carbons (Fsp3) is 0.375. The third-order valence-corrected chi connectivity index (χ3v) is 4.44. The molecule has 0 aliphatic carbocycles. The van der Waals surface area contributed by atoms with Crippen molar-refractivity contribution < 1.29 is 14.1 Å². The first kappa shape index (κ1) is 17.3. The van der Waals surface area contributed by atoms with Crippen molar-refractivity contribution in [2.75, 3.05) is 5.32 Å². The number of aromatic amines is 1. The number of pyridine rings is 1. The van der Waals surface area contributed by atoms with Crippen molar-refractivity contribution in [2.24, 2.45) is 0 Å². The number of hydrogen-bond acceptors (Lipinski definition) is 6. The Morgan fingerprint density at radius 3 is 2.48 bits per heavy atom. The Morgan fingerprint density at radius 1 is 1.20 bits per heavy atom. The molecule has 1 aliphatic rings. The summed E-state index contributed by atoms with van der Waals surface area (Å²) in [6.07, 6.45) is 3.88. The molecule has 1 aliphatic heterocycles. The van der Waals surface area contributed by atoms with Gasteiger partial charge in [-0.1, -0.05) is 0 Å². The SMILES string of the molecule is CC1(C)OB(c2cc(NC(=O)c3c[nH]c(=O)cn3)ccn2)OC1(C)C. The molecule has 0 atom stereocenters. The minimum absolute atomic E-state index is 0.105. The lowest BCUT2D eigenvalue weighted by atomic mass is 9.84. The van der Waals surface area contributed by atoms with E-state index in [1.807, 2.05) is 27.7 Å². The van der Waals surface area contributed by atoms with E-state index in [0.29, 0.717) is 11.3 Å². The number of nitrogens with zero attached hydrogens (tertiary/aromatic N) is 2. The summed E-state index contributed by atoms with van der Waals surface area (Å²) in [5.41, 5.74) is -0.127. The monoisotopic (exact) mass is 342 g/mol. The van der Waals surface area contributed by atoms with E-state index in [0.717, 1.165) is 6.20 Å². The molecule has 0 radical (unpaired) electrons. The molecule has 8 nitrogen and oxygen atoms in total. The number of rotatable bonds is 3. The van der Waals surface area contributed by atoms with Crippen LogP contribution < -0.4 is 16.5 Å². The maximum Gasteiger partial charge on any atom is 0.514 e. The number of anilines is 1. The second-order valence-corrected chi connectivity index (χ2v) is 6.81. The van der Waals surface area contributed by atoms with Crippen molar-refractivity contribution in [3.63, 3.8) is 0 Å². The molecule has 3 rings (SSSR count). The molecule has 2 aromatic rings. The van der Waals surface area contributed by atoms with Gasteiger partial charge in [0.15, 0.2) is 0 Å². The molecule has 1 amide bonds. The Balaban J connectivity index is 1.77. The Labute approximate surface area is 145 Å². The second-order valence-electron chi connectivity index (χ2n) is 6.81. The van der Waals surface area contributed by atoms with Gasteiger partial charge < -0.3 is 19.6 Å². The highest BCUT2D eigenvalue weighted by molar-refractivity contribution is 6.61. The fourth-order valence-corrected chi connectivity index (χ4v) is 2.28. The number of nitrogens with one attached hydrogen (secondary N) is 2. The number of aromatic nitrogens is 3. The standard InChI is InChI=1S/C16H19BN4O4/c1-15(2)16(3,4)25-17(24-15)12-7-10(5-6-18-12)21-14(23)11-8-20-13(22)9-19-11/h5-9H,1-4H3,(H,20,22)(H,18,21,23). The minimum atomic E-state index is -0.618. The molecule has 9 heteroatoms. The molecule has 25 heavy (non-hydrogen) atoms.